The van der Waals surface area contributed by atoms with Gasteiger partial charge in [-0.2, -0.15) is 0 Å². The quantitative estimate of drug-likeness (QED) is 0.617. The summed E-state index contributed by atoms with van der Waals surface area (Å²) in [5.41, 5.74) is 3.67. The molecule has 0 saturated heterocycles. The van der Waals surface area contributed by atoms with Gasteiger partial charge in [0.05, 0.1) is 5.52 Å². The maximum atomic E-state index is 12.4. The monoisotopic (exact) mass is 327 g/mol. The molecule has 0 aliphatic heterocycles. The largest absolute Gasteiger partial charge is 0.348 e. The number of nitrogens with zero attached hydrogens (tertiary/aromatic N) is 2. The standard InChI is InChI=1S/C21H17N3O/c25-21(16-7-9-18(10-8-16)24-13-3-4-14-24)23-15-17-11-12-22-20-6-2-1-5-19(17)20/h1-14H,15H2,(H,23,25). The molecule has 2 aromatic carbocycles. The first-order chi connectivity index (χ1) is 12.3. The van der Waals surface area contributed by atoms with Crippen LogP contribution in [-0.2, 0) is 6.54 Å². The van der Waals surface area contributed by atoms with Crippen LogP contribution in [0.15, 0.2) is 85.3 Å². The summed E-state index contributed by atoms with van der Waals surface area (Å²) in [6, 6.07) is 21.4. The predicted molar refractivity (Wildman–Crippen MR) is 98.7 cm³/mol. The minimum atomic E-state index is -0.0834. The average Bonchev–Trinajstić information content (AvgIpc) is 3.21. The van der Waals surface area contributed by atoms with E-state index in [4.69, 9.17) is 0 Å². The van der Waals surface area contributed by atoms with Crippen molar-refractivity contribution < 1.29 is 4.79 Å². The zero-order valence-electron chi connectivity index (χ0n) is 13.6. The van der Waals surface area contributed by atoms with E-state index in [1.54, 1.807) is 6.20 Å². The van der Waals surface area contributed by atoms with Crippen molar-refractivity contribution in [1.82, 2.24) is 14.9 Å². The van der Waals surface area contributed by atoms with Crippen LogP contribution in [0.5, 0.6) is 0 Å². The molecule has 0 aliphatic carbocycles. The summed E-state index contributed by atoms with van der Waals surface area (Å²) in [7, 11) is 0. The van der Waals surface area contributed by atoms with Crippen molar-refractivity contribution in [3.8, 4) is 5.69 Å². The molecule has 0 radical (unpaired) electrons. The Bertz CT molecular complexity index is 1000. The highest BCUT2D eigenvalue weighted by molar-refractivity contribution is 5.94. The average molecular weight is 327 g/mol. The summed E-state index contributed by atoms with van der Waals surface area (Å²) in [6.45, 7) is 0.473. The second-order valence-corrected chi connectivity index (χ2v) is 5.81. The number of carbonyl (C=O) groups excluding carboxylic acids is 1. The van der Waals surface area contributed by atoms with Crippen molar-refractivity contribution in [2.75, 3.05) is 0 Å². The first-order valence-corrected chi connectivity index (χ1v) is 8.15. The first kappa shape index (κ1) is 15.1. The number of pyridine rings is 1. The Labute approximate surface area is 145 Å². The number of hydrogen-bond donors (Lipinski definition) is 1. The van der Waals surface area contributed by atoms with Crippen molar-refractivity contribution in [2.24, 2.45) is 0 Å². The Hall–Kier alpha value is -3.40. The van der Waals surface area contributed by atoms with Crippen molar-refractivity contribution in [3.05, 3.63) is 96.4 Å². The minimum absolute atomic E-state index is 0.0834. The normalized spacial score (nSPS) is 10.7. The van der Waals surface area contributed by atoms with Crippen molar-refractivity contribution in [2.45, 2.75) is 6.54 Å². The number of fused-ring (bicyclic) bond motifs is 1. The van der Waals surface area contributed by atoms with E-state index >= 15 is 0 Å². The Morgan fingerprint density at radius 2 is 1.68 bits per heavy atom. The summed E-state index contributed by atoms with van der Waals surface area (Å²) in [5.74, 6) is -0.0834. The maximum Gasteiger partial charge on any atom is 0.251 e. The number of carbonyl (C=O) groups is 1. The highest BCUT2D eigenvalue weighted by Gasteiger charge is 2.07. The van der Waals surface area contributed by atoms with Crippen LogP contribution >= 0.6 is 0 Å². The zero-order chi connectivity index (χ0) is 17.1. The summed E-state index contributed by atoms with van der Waals surface area (Å²) < 4.78 is 2.00. The lowest BCUT2D eigenvalue weighted by atomic mass is 10.1. The molecule has 25 heavy (non-hydrogen) atoms. The summed E-state index contributed by atoms with van der Waals surface area (Å²) in [5, 5.41) is 4.05. The number of rotatable bonds is 4. The fourth-order valence-electron chi connectivity index (χ4n) is 2.88. The Morgan fingerprint density at radius 3 is 2.48 bits per heavy atom. The van der Waals surface area contributed by atoms with Gasteiger partial charge in [0.15, 0.2) is 0 Å². The van der Waals surface area contributed by atoms with Crippen LogP contribution in [0.2, 0.25) is 0 Å². The summed E-state index contributed by atoms with van der Waals surface area (Å²) in [6.07, 6.45) is 5.73. The SMILES string of the molecule is O=C(NCc1ccnc2ccccc12)c1ccc(-n2cccc2)cc1. The number of para-hydroxylation sites is 1. The molecule has 0 unspecified atom stereocenters. The van der Waals surface area contributed by atoms with Gasteiger partial charge >= 0.3 is 0 Å². The number of benzene rings is 2. The fraction of sp³-hybridized carbons (Fsp3) is 0.0476. The lowest BCUT2D eigenvalue weighted by Crippen LogP contribution is -2.22. The molecule has 0 fully saturated rings. The predicted octanol–water partition coefficient (Wildman–Crippen LogP) is 3.96. The highest BCUT2D eigenvalue weighted by atomic mass is 16.1. The van der Waals surface area contributed by atoms with E-state index in [-0.39, 0.29) is 5.91 Å². The molecule has 4 heteroatoms. The molecule has 0 saturated carbocycles. The third-order valence-corrected chi connectivity index (χ3v) is 4.21. The molecule has 4 rings (SSSR count). The van der Waals surface area contributed by atoms with Gasteiger partial charge in [0.1, 0.15) is 0 Å². The number of amides is 1. The molecule has 0 spiro atoms. The molecule has 1 N–H and O–H groups in total. The van der Waals surface area contributed by atoms with Gasteiger partial charge in [0, 0.05) is 41.8 Å². The van der Waals surface area contributed by atoms with Gasteiger partial charge in [-0.15, -0.1) is 0 Å². The molecule has 1 amide bonds. The fourth-order valence-corrected chi connectivity index (χ4v) is 2.88. The van der Waals surface area contributed by atoms with Crippen LogP contribution in [-0.4, -0.2) is 15.5 Å². The van der Waals surface area contributed by atoms with Crippen LogP contribution in [0.4, 0.5) is 0 Å². The van der Waals surface area contributed by atoms with Gasteiger partial charge in [-0.05, 0) is 54.1 Å². The van der Waals surface area contributed by atoms with Crippen LogP contribution < -0.4 is 5.32 Å². The molecule has 0 aliphatic rings. The van der Waals surface area contributed by atoms with E-state index in [0.29, 0.717) is 12.1 Å². The topological polar surface area (TPSA) is 46.9 Å². The van der Waals surface area contributed by atoms with Gasteiger partial charge in [0.25, 0.3) is 5.91 Å². The highest BCUT2D eigenvalue weighted by Crippen LogP contribution is 2.16. The van der Waals surface area contributed by atoms with Gasteiger partial charge in [0.2, 0.25) is 0 Å². The van der Waals surface area contributed by atoms with Crippen LogP contribution in [0.3, 0.4) is 0 Å². The number of hydrogen-bond acceptors (Lipinski definition) is 2. The van der Waals surface area contributed by atoms with Crippen molar-refractivity contribution in [3.63, 3.8) is 0 Å². The molecular formula is C21H17N3O. The first-order valence-electron chi connectivity index (χ1n) is 8.15. The maximum absolute atomic E-state index is 12.4. The van der Waals surface area contributed by atoms with E-state index in [2.05, 4.69) is 10.3 Å². The molecule has 2 aromatic heterocycles. The van der Waals surface area contributed by atoms with Gasteiger partial charge in [-0.3, -0.25) is 9.78 Å². The second kappa shape index (κ2) is 6.61. The van der Waals surface area contributed by atoms with Crippen LogP contribution in [0, 0.1) is 0 Å². The smallest absolute Gasteiger partial charge is 0.251 e. The second-order valence-electron chi connectivity index (χ2n) is 5.81. The van der Waals surface area contributed by atoms with E-state index in [1.807, 2.05) is 83.7 Å². The van der Waals surface area contributed by atoms with Gasteiger partial charge < -0.3 is 9.88 Å². The zero-order valence-corrected chi connectivity index (χ0v) is 13.6. The molecule has 0 atom stereocenters. The Morgan fingerprint density at radius 1 is 0.920 bits per heavy atom. The van der Waals surface area contributed by atoms with Crippen molar-refractivity contribution >= 4 is 16.8 Å². The van der Waals surface area contributed by atoms with Gasteiger partial charge in [-0.25, -0.2) is 0 Å². The molecule has 2 heterocycles. The molecular weight excluding hydrogens is 310 g/mol. The lowest BCUT2D eigenvalue weighted by molar-refractivity contribution is 0.0951. The molecule has 4 nitrogen and oxygen atoms in total. The Balaban J connectivity index is 1.48. The molecule has 0 bridgehead atoms. The van der Waals surface area contributed by atoms with E-state index < -0.39 is 0 Å². The van der Waals surface area contributed by atoms with Gasteiger partial charge in [-0.1, -0.05) is 18.2 Å². The minimum Gasteiger partial charge on any atom is -0.348 e. The number of nitrogens with one attached hydrogen (secondary N) is 1. The number of aromatic nitrogens is 2. The van der Waals surface area contributed by atoms with E-state index in [0.717, 1.165) is 22.2 Å². The van der Waals surface area contributed by atoms with Crippen molar-refractivity contribution in [1.29, 1.82) is 0 Å². The Kier molecular flexibility index (Phi) is 4.01. The summed E-state index contributed by atoms with van der Waals surface area (Å²) in [4.78, 5) is 16.8. The van der Waals surface area contributed by atoms with E-state index in [9.17, 15) is 4.79 Å². The molecule has 4 aromatic rings. The van der Waals surface area contributed by atoms with Crippen LogP contribution in [0.1, 0.15) is 15.9 Å². The summed E-state index contributed by atoms with van der Waals surface area (Å²) >= 11 is 0. The lowest BCUT2D eigenvalue weighted by Gasteiger charge is -2.09. The van der Waals surface area contributed by atoms with E-state index in [1.165, 1.54) is 0 Å². The van der Waals surface area contributed by atoms with Crippen LogP contribution in [0.25, 0.3) is 16.6 Å². The molecule has 122 valence electrons. The third kappa shape index (κ3) is 3.15. The third-order valence-electron chi connectivity index (χ3n) is 4.21.